The Kier molecular flexibility index (Phi) is 4.86. The number of carbonyl (C=O) groups excluding carboxylic acids is 1. The van der Waals surface area contributed by atoms with Crippen molar-refractivity contribution in [2.45, 2.75) is 27.3 Å². The Balaban J connectivity index is 1.97. The van der Waals surface area contributed by atoms with Crippen LogP contribution in [0, 0.1) is 12.8 Å². The fourth-order valence-corrected chi connectivity index (χ4v) is 3.11. The summed E-state index contributed by atoms with van der Waals surface area (Å²) in [6.07, 6.45) is 1.78. The van der Waals surface area contributed by atoms with Crippen molar-refractivity contribution in [3.8, 4) is 11.5 Å². The fraction of sp³-hybridized carbons (Fsp3) is 0.368. The third kappa shape index (κ3) is 3.42. The van der Waals surface area contributed by atoms with Crippen molar-refractivity contribution in [3.63, 3.8) is 0 Å². The first-order valence-corrected chi connectivity index (χ1v) is 8.57. The Labute approximate surface area is 152 Å². The molecule has 0 bridgehead atoms. The van der Waals surface area contributed by atoms with Crippen LogP contribution in [0.4, 0.5) is 0 Å². The molecular formula is C19H21ClN2O3. The number of methoxy groups -OCH3 is 1. The molecule has 2 heterocycles. The second-order valence-corrected chi connectivity index (χ2v) is 6.87. The summed E-state index contributed by atoms with van der Waals surface area (Å²) < 4.78 is 12.7. The minimum Gasteiger partial charge on any atom is -0.497 e. The maximum Gasteiger partial charge on any atom is 0.196 e. The highest BCUT2D eigenvalue weighted by atomic mass is 35.5. The molecule has 0 atom stereocenters. The number of hydrogen-bond acceptors (Lipinski definition) is 4. The molecule has 0 radical (unpaired) electrons. The standard InChI is InChI=1S/C19H21ClN2O3/c1-11(2)9-22-19(20)15(12(3)21-22)7-13-10-25-17-6-5-14(24-4)8-16(17)18(13)23/h5-8,11H,9-10H2,1-4H3/b13-7-. The van der Waals surface area contributed by atoms with Crippen LogP contribution in [0.1, 0.15) is 35.5 Å². The maximum atomic E-state index is 12.8. The van der Waals surface area contributed by atoms with Crippen LogP contribution in [-0.4, -0.2) is 29.3 Å². The van der Waals surface area contributed by atoms with Crippen molar-refractivity contribution in [3.05, 3.63) is 45.7 Å². The van der Waals surface area contributed by atoms with Gasteiger partial charge in [-0.3, -0.25) is 9.48 Å². The zero-order chi connectivity index (χ0) is 18.1. The first-order valence-electron chi connectivity index (χ1n) is 8.19. The Bertz CT molecular complexity index is 853. The fourth-order valence-electron chi connectivity index (χ4n) is 2.81. The molecule has 5 nitrogen and oxygen atoms in total. The normalized spacial score (nSPS) is 15.4. The van der Waals surface area contributed by atoms with Gasteiger partial charge in [0, 0.05) is 17.7 Å². The smallest absolute Gasteiger partial charge is 0.196 e. The predicted molar refractivity (Wildman–Crippen MR) is 97.6 cm³/mol. The quantitative estimate of drug-likeness (QED) is 0.768. The summed E-state index contributed by atoms with van der Waals surface area (Å²) >= 11 is 6.47. The first-order chi connectivity index (χ1) is 11.9. The van der Waals surface area contributed by atoms with E-state index in [-0.39, 0.29) is 12.4 Å². The zero-order valence-corrected chi connectivity index (χ0v) is 15.6. The van der Waals surface area contributed by atoms with Crippen LogP contribution in [0.15, 0.2) is 23.8 Å². The van der Waals surface area contributed by atoms with E-state index in [0.717, 1.165) is 17.8 Å². The van der Waals surface area contributed by atoms with E-state index in [1.54, 1.807) is 36.1 Å². The molecular weight excluding hydrogens is 340 g/mol. The van der Waals surface area contributed by atoms with Gasteiger partial charge >= 0.3 is 0 Å². The third-order valence-corrected chi connectivity index (χ3v) is 4.47. The van der Waals surface area contributed by atoms with E-state index in [4.69, 9.17) is 21.1 Å². The highest BCUT2D eigenvalue weighted by Crippen LogP contribution is 2.32. The predicted octanol–water partition coefficient (Wildman–Crippen LogP) is 4.17. The molecule has 25 heavy (non-hydrogen) atoms. The van der Waals surface area contributed by atoms with E-state index in [1.807, 2.05) is 6.92 Å². The van der Waals surface area contributed by atoms with Gasteiger partial charge in [-0.25, -0.2) is 0 Å². The molecule has 0 fully saturated rings. The molecule has 1 aliphatic heterocycles. The van der Waals surface area contributed by atoms with Crippen LogP contribution in [0.5, 0.6) is 11.5 Å². The molecule has 1 aromatic heterocycles. The number of carbonyl (C=O) groups is 1. The lowest BCUT2D eigenvalue weighted by molar-refractivity contribution is 0.100. The monoisotopic (exact) mass is 360 g/mol. The number of ether oxygens (including phenoxy) is 2. The number of Topliss-reactive ketones (excluding diaryl/α,β-unsaturated/α-hetero) is 1. The van der Waals surface area contributed by atoms with E-state index < -0.39 is 0 Å². The van der Waals surface area contributed by atoms with E-state index >= 15 is 0 Å². The van der Waals surface area contributed by atoms with Crippen molar-refractivity contribution in [2.24, 2.45) is 5.92 Å². The number of halogens is 1. The van der Waals surface area contributed by atoms with E-state index in [9.17, 15) is 4.79 Å². The number of fused-ring (bicyclic) bond motifs is 1. The summed E-state index contributed by atoms with van der Waals surface area (Å²) in [5.74, 6) is 1.54. The number of nitrogens with zero attached hydrogens (tertiary/aromatic N) is 2. The van der Waals surface area contributed by atoms with E-state index in [2.05, 4.69) is 18.9 Å². The summed E-state index contributed by atoms with van der Waals surface area (Å²) in [4.78, 5) is 12.8. The average Bonchev–Trinajstić information content (AvgIpc) is 2.83. The highest BCUT2D eigenvalue weighted by Gasteiger charge is 2.25. The van der Waals surface area contributed by atoms with Gasteiger partial charge in [-0.1, -0.05) is 25.4 Å². The van der Waals surface area contributed by atoms with Gasteiger partial charge < -0.3 is 9.47 Å². The molecule has 1 aromatic carbocycles. The second kappa shape index (κ2) is 6.92. The van der Waals surface area contributed by atoms with Gasteiger partial charge in [0.2, 0.25) is 0 Å². The molecule has 0 aliphatic carbocycles. The molecule has 1 aliphatic rings. The number of hydrogen-bond donors (Lipinski definition) is 0. The van der Waals surface area contributed by atoms with Crippen LogP contribution in [0.25, 0.3) is 6.08 Å². The second-order valence-electron chi connectivity index (χ2n) is 6.52. The molecule has 0 unspecified atom stereocenters. The van der Waals surface area contributed by atoms with Gasteiger partial charge in [0.05, 0.1) is 18.4 Å². The molecule has 0 saturated carbocycles. The first kappa shape index (κ1) is 17.5. The third-order valence-electron chi connectivity index (χ3n) is 4.07. The van der Waals surface area contributed by atoms with Crippen LogP contribution in [-0.2, 0) is 6.54 Å². The molecule has 6 heteroatoms. The molecule has 0 amide bonds. The summed E-state index contributed by atoms with van der Waals surface area (Å²) in [7, 11) is 1.57. The van der Waals surface area contributed by atoms with Crippen molar-refractivity contribution in [1.82, 2.24) is 9.78 Å². The largest absolute Gasteiger partial charge is 0.497 e. The van der Waals surface area contributed by atoms with Crippen LogP contribution < -0.4 is 9.47 Å². The lowest BCUT2D eigenvalue weighted by Gasteiger charge is -2.19. The zero-order valence-electron chi connectivity index (χ0n) is 14.8. The summed E-state index contributed by atoms with van der Waals surface area (Å²) in [5.41, 5.74) is 2.61. The number of benzene rings is 1. The lowest BCUT2D eigenvalue weighted by Crippen LogP contribution is -2.19. The van der Waals surface area contributed by atoms with Gasteiger partial charge in [0.25, 0.3) is 0 Å². The molecule has 0 N–H and O–H groups in total. The van der Waals surface area contributed by atoms with Crippen LogP contribution >= 0.6 is 11.6 Å². The van der Waals surface area contributed by atoms with Crippen molar-refractivity contribution >= 4 is 23.5 Å². The Morgan fingerprint density at radius 3 is 2.88 bits per heavy atom. The minimum absolute atomic E-state index is 0.0766. The van der Waals surface area contributed by atoms with E-state index in [1.165, 1.54) is 0 Å². The van der Waals surface area contributed by atoms with Gasteiger partial charge in [-0.05, 0) is 37.1 Å². The van der Waals surface area contributed by atoms with Crippen molar-refractivity contribution in [1.29, 1.82) is 0 Å². The van der Waals surface area contributed by atoms with Gasteiger partial charge in [-0.2, -0.15) is 5.10 Å². The molecule has 0 saturated heterocycles. The number of ketones is 1. The van der Waals surface area contributed by atoms with Crippen LogP contribution in [0.3, 0.4) is 0 Å². The van der Waals surface area contributed by atoms with E-state index in [0.29, 0.717) is 33.7 Å². The van der Waals surface area contributed by atoms with Gasteiger partial charge in [-0.15, -0.1) is 0 Å². The summed E-state index contributed by atoms with van der Waals surface area (Å²) in [5, 5.41) is 5.02. The SMILES string of the molecule is COc1ccc2c(c1)C(=O)/C(=C\c1c(C)nn(CC(C)C)c1Cl)CO2. The topological polar surface area (TPSA) is 53.3 Å². The minimum atomic E-state index is -0.0766. The van der Waals surface area contributed by atoms with Gasteiger partial charge in [0.15, 0.2) is 5.78 Å². The summed E-state index contributed by atoms with van der Waals surface area (Å²) in [6.45, 7) is 7.04. The number of aromatic nitrogens is 2. The van der Waals surface area contributed by atoms with Crippen LogP contribution in [0.2, 0.25) is 5.15 Å². The Hall–Kier alpha value is -2.27. The molecule has 2 aromatic rings. The molecule has 3 rings (SSSR count). The summed E-state index contributed by atoms with van der Waals surface area (Å²) in [6, 6.07) is 5.22. The molecule has 0 spiro atoms. The van der Waals surface area contributed by atoms with Crippen molar-refractivity contribution < 1.29 is 14.3 Å². The van der Waals surface area contributed by atoms with Gasteiger partial charge in [0.1, 0.15) is 23.3 Å². The highest BCUT2D eigenvalue weighted by molar-refractivity contribution is 6.31. The maximum absolute atomic E-state index is 12.8. The number of aryl methyl sites for hydroxylation is 1. The lowest BCUT2D eigenvalue weighted by atomic mass is 9.98. The van der Waals surface area contributed by atoms with Crippen molar-refractivity contribution in [2.75, 3.05) is 13.7 Å². The average molecular weight is 361 g/mol. The Morgan fingerprint density at radius 2 is 2.20 bits per heavy atom. The number of rotatable bonds is 4. The molecule has 132 valence electrons. The Morgan fingerprint density at radius 1 is 1.44 bits per heavy atom.